The van der Waals surface area contributed by atoms with Gasteiger partial charge in [-0.05, 0) is 81.1 Å². The number of unbranched alkanes of at least 4 members (excludes halogenated alkanes) is 6. The third-order valence-corrected chi connectivity index (χ3v) is 9.47. The fraction of sp³-hybridized carbons (Fsp3) is 0.857. The molecule has 6 atom stereocenters. The van der Waals surface area contributed by atoms with Crippen molar-refractivity contribution in [1.82, 2.24) is 0 Å². The third kappa shape index (κ3) is 4.96. The van der Waals surface area contributed by atoms with Gasteiger partial charge in [0.15, 0.2) is 5.78 Å². The van der Waals surface area contributed by atoms with E-state index in [9.17, 15) is 9.59 Å². The van der Waals surface area contributed by atoms with E-state index in [1.807, 2.05) is 6.08 Å². The Morgan fingerprint density at radius 2 is 1.74 bits per heavy atom. The summed E-state index contributed by atoms with van der Waals surface area (Å²) in [5.74, 6) is 3.26. The van der Waals surface area contributed by atoms with Gasteiger partial charge < -0.3 is 4.74 Å². The van der Waals surface area contributed by atoms with Crippen LogP contribution in [0.5, 0.6) is 0 Å². The maximum Gasteiger partial charge on any atom is 0.306 e. The highest BCUT2D eigenvalue weighted by molar-refractivity contribution is 5.91. The second-order valence-electron chi connectivity index (χ2n) is 11.3. The number of allylic oxidation sites excluding steroid dienone is 1. The van der Waals surface area contributed by atoms with Gasteiger partial charge in [-0.1, -0.05) is 57.9 Å². The summed E-state index contributed by atoms with van der Waals surface area (Å²) in [6.45, 7) is 4.67. The van der Waals surface area contributed by atoms with Crippen LogP contribution >= 0.6 is 0 Å². The van der Waals surface area contributed by atoms with Gasteiger partial charge in [0, 0.05) is 18.3 Å². The fourth-order valence-corrected chi connectivity index (χ4v) is 7.77. The number of esters is 1. The second kappa shape index (κ2) is 10.2. The number of hydrogen-bond donors (Lipinski definition) is 0. The van der Waals surface area contributed by atoms with Gasteiger partial charge in [-0.15, -0.1) is 0 Å². The first kappa shape index (κ1) is 23.1. The molecule has 0 spiro atoms. The predicted octanol–water partition coefficient (Wildman–Crippen LogP) is 7.18. The number of carbonyl (C=O) groups excluding carboxylic acids is 2. The summed E-state index contributed by atoms with van der Waals surface area (Å²) in [7, 11) is 0. The zero-order valence-electron chi connectivity index (χ0n) is 20.0. The van der Waals surface area contributed by atoms with Crippen molar-refractivity contribution in [3.63, 3.8) is 0 Å². The highest BCUT2D eigenvalue weighted by Gasteiger charge is 2.57. The molecule has 0 radical (unpaired) electrons. The minimum atomic E-state index is 0.0437. The number of ketones is 1. The maximum atomic E-state index is 12.6. The van der Waals surface area contributed by atoms with Gasteiger partial charge in [-0.25, -0.2) is 0 Å². The zero-order chi connectivity index (χ0) is 21.8. The molecule has 0 aromatic heterocycles. The molecule has 4 rings (SSSR count). The van der Waals surface area contributed by atoms with Gasteiger partial charge in [-0.3, -0.25) is 9.59 Å². The van der Waals surface area contributed by atoms with Crippen molar-refractivity contribution in [2.45, 2.75) is 123 Å². The molecule has 0 amide bonds. The largest absolute Gasteiger partial charge is 0.462 e. The molecule has 4 aliphatic carbocycles. The minimum Gasteiger partial charge on any atom is -0.462 e. The summed E-state index contributed by atoms with van der Waals surface area (Å²) in [6, 6.07) is 0. The third-order valence-electron chi connectivity index (χ3n) is 9.47. The van der Waals surface area contributed by atoms with Gasteiger partial charge in [0.05, 0.1) is 0 Å². The average molecular weight is 429 g/mol. The van der Waals surface area contributed by atoms with Crippen LogP contribution in [0.4, 0.5) is 0 Å². The molecule has 0 aromatic rings. The van der Waals surface area contributed by atoms with E-state index in [4.69, 9.17) is 4.74 Å². The van der Waals surface area contributed by atoms with Crippen LogP contribution in [0, 0.1) is 29.1 Å². The Hall–Kier alpha value is -1.12. The van der Waals surface area contributed by atoms with Crippen molar-refractivity contribution < 1.29 is 14.3 Å². The molecule has 0 saturated heterocycles. The summed E-state index contributed by atoms with van der Waals surface area (Å²) < 4.78 is 6.13. The average Bonchev–Trinajstić information content (AvgIpc) is 3.09. The maximum absolute atomic E-state index is 12.6. The molecule has 0 heterocycles. The molecule has 3 nitrogen and oxygen atoms in total. The van der Waals surface area contributed by atoms with Crippen molar-refractivity contribution in [2.75, 3.05) is 0 Å². The van der Waals surface area contributed by atoms with Crippen LogP contribution in [0.25, 0.3) is 0 Å². The van der Waals surface area contributed by atoms with Gasteiger partial charge in [-0.2, -0.15) is 0 Å². The molecular formula is C28H44O3. The number of carbonyl (C=O) groups is 2. The molecule has 0 aromatic carbocycles. The van der Waals surface area contributed by atoms with Crippen LogP contribution in [0.15, 0.2) is 11.6 Å². The quantitative estimate of drug-likeness (QED) is 0.288. The summed E-state index contributed by atoms with van der Waals surface area (Å²) in [5.41, 5.74) is 1.62. The Labute approximate surface area is 189 Å². The molecule has 0 bridgehead atoms. The minimum absolute atomic E-state index is 0.0437. The van der Waals surface area contributed by atoms with E-state index in [0.29, 0.717) is 24.0 Å². The Balaban J connectivity index is 1.27. The van der Waals surface area contributed by atoms with Gasteiger partial charge in [0.1, 0.15) is 6.10 Å². The molecule has 0 N–H and O–H groups in total. The molecule has 31 heavy (non-hydrogen) atoms. The van der Waals surface area contributed by atoms with Crippen LogP contribution < -0.4 is 0 Å². The smallest absolute Gasteiger partial charge is 0.306 e. The second-order valence-corrected chi connectivity index (χ2v) is 11.3. The summed E-state index contributed by atoms with van der Waals surface area (Å²) in [4.78, 5) is 24.5. The van der Waals surface area contributed by atoms with Crippen LogP contribution in [-0.2, 0) is 14.3 Å². The lowest BCUT2D eigenvalue weighted by Gasteiger charge is -2.53. The van der Waals surface area contributed by atoms with Crippen molar-refractivity contribution in [3.05, 3.63) is 11.6 Å². The van der Waals surface area contributed by atoms with Gasteiger partial charge >= 0.3 is 5.97 Å². The topological polar surface area (TPSA) is 43.4 Å². The number of rotatable bonds is 9. The highest BCUT2D eigenvalue weighted by atomic mass is 16.5. The van der Waals surface area contributed by atoms with Gasteiger partial charge in [0.25, 0.3) is 0 Å². The van der Waals surface area contributed by atoms with Crippen LogP contribution in [-0.4, -0.2) is 17.9 Å². The van der Waals surface area contributed by atoms with Crippen LogP contribution in [0.1, 0.15) is 117 Å². The normalized spacial score (nSPS) is 36.9. The summed E-state index contributed by atoms with van der Waals surface area (Å²) in [6.07, 6.45) is 20.3. The van der Waals surface area contributed by atoms with E-state index < -0.39 is 0 Å². The number of ether oxygens (including phenoxy) is 1. The van der Waals surface area contributed by atoms with Gasteiger partial charge in [0.2, 0.25) is 0 Å². The Bertz CT molecular complexity index is 680. The number of hydrogen-bond acceptors (Lipinski definition) is 3. The molecule has 3 saturated carbocycles. The predicted molar refractivity (Wildman–Crippen MR) is 125 cm³/mol. The Morgan fingerprint density at radius 3 is 2.55 bits per heavy atom. The Morgan fingerprint density at radius 1 is 0.968 bits per heavy atom. The highest BCUT2D eigenvalue weighted by Crippen LogP contribution is 2.62. The zero-order valence-corrected chi connectivity index (χ0v) is 20.0. The molecule has 3 heteroatoms. The molecular weight excluding hydrogens is 384 g/mol. The Kier molecular flexibility index (Phi) is 7.60. The molecule has 3 fully saturated rings. The monoisotopic (exact) mass is 428 g/mol. The first-order valence-corrected chi connectivity index (χ1v) is 13.5. The van der Waals surface area contributed by atoms with Crippen LogP contribution in [0.2, 0.25) is 0 Å². The van der Waals surface area contributed by atoms with E-state index in [1.165, 1.54) is 63.4 Å². The first-order valence-electron chi connectivity index (χ1n) is 13.5. The van der Waals surface area contributed by atoms with Crippen molar-refractivity contribution in [2.24, 2.45) is 29.1 Å². The lowest BCUT2D eigenvalue weighted by Crippen LogP contribution is -2.48. The van der Waals surface area contributed by atoms with Crippen LogP contribution in [0.3, 0.4) is 0 Å². The van der Waals surface area contributed by atoms with E-state index in [0.717, 1.165) is 50.4 Å². The lowest BCUT2D eigenvalue weighted by atomic mass is 9.52. The number of fused-ring (bicyclic) bond motifs is 5. The molecule has 0 aliphatic heterocycles. The van der Waals surface area contributed by atoms with E-state index in [2.05, 4.69) is 13.8 Å². The van der Waals surface area contributed by atoms with Crippen molar-refractivity contribution in [3.8, 4) is 0 Å². The fourth-order valence-electron chi connectivity index (χ4n) is 7.77. The van der Waals surface area contributed by atoms with E-state index >= 15 is 0 Å². The molecule has 174 valence electrons. The lowest BCUT2D eigenvalue weighted by molar-refractivity contribution is -0.159. The van der Waals surface area contributed by atoms with E-state index in [-0.39, 0.29) is 17.5 Å². The first-order chi connectivity index (χ1) is 15.0. The molecule has 4 aliphatic rings. The SMILES string of the molecule is CCCCCCCCCC(=O)O[C@H]1CC[C@H]2[C@@H]3CCC4=CC(=O)CC[C@@H]4[C@H]3CCC12C. The van der Waals surface area contributed by atoms with Crippen molar-refractivity contribution >= 4 is 11.8 Å². The van der Waals surface area contributed by atoms with Crippen molar-refractivity contribution in [1.29, 1.82) is 0 Å². The summed E-state index contributed by atoms with van der Waals surface area (Å²) in [5, 5.41) is 0. The standard InChI is InChI=1S/C28H44O3/c1-3-4-5-6-7-8-9-10-27(30)31-26-16-15-25-24-13-11-20-19-21(29)12-14-22(20)23(24)17-18-28(25,26)2/h19,22-26H,3-18H2,1-2H3/t22-,23+,24+,25-,26-,28?/m0/s1. The molecule has 1 unspecified atom stereocenters. The van der Waals surface area contributed by atoms with E-state index in [1.54, 1.807) is 0 Å². The summed E-state index contributed by atoms with van der Waals surface area (Å²) >= 11 is 0.